The molecule has 0 bridgehead atoms. The number of ether oxygens (including phenoxy) is 3. The lowest BCUT2D eigenvalue weighted by molar-refractivity contribution is -0.119. The van der Waals surface area contributed by atoms with Gasteiger partial charge in [0.1, 0.15) is 17.3 Å². The van der Waals surface area contributed by atoms with E-state index in [2.05, 4.69) is 0 Å². The third kappa shape index (κ3) is 116. The molecule has 0 rings (SSSR count). The number of ketones is 3. The SMILES string of the molecule is C.C.C.C.C.C.C.C.CC(=O)CCCC(C)=O.COCCCC(C)=O.COCCCOC. The van der Waals surface area contributed by atoms with E-state index in [-0.39, 0.29) is 76.8 Å². The van der Waals surface area contributed by atoms with Crippen LogP contribution < -0.4 is 0 Å². The second-order valence-corrected chi connectivity index (χ2v) is 5.40. The molecule has 0 unspecified atom stereocenters. The molecule has 0 saturated heterocycles. The summed E-state index contributed by atoms with van der Waals surface area (Å²) in [6, 6.07) is 0. The molecular weight excluding hydrogens is 408 g/mol. The maximum absolute atomic E-state index is 10.3. The molecule has 0 aliphatic heterocycles. The van der Waals surface area contributed by atoms with Crippen molar-refractivity contribution in [3.05, 3.63) is 0 Å². The fraction of sp³-hybridized carbons (Fsp3) is 0.885. The molecule has 0 aromatic carbocycles. The van der Waals surface area contributed by atoms with Gasteiger partial charge in [0.2, 0.25) is 0 Å². The van der Waals surface area contributed by atoms with E-state index >= 15 is 0 Å². The normalized spacial score (nSPS) is 6.94. The van der Waals surface area contributed by atoms with Crippen LogP contribution in [0.3, 0.4) is 0 Å². The van der Waals surface area contributed by atoms with Gasteiger partial charge < -0.3 is 28.6 Å². The number of Topliss-reactive ketones (excluding diaryl/α,β-unsaturated/α-hetero) is 3. The highest BCUT2D eigenvalue weighted by molar-refractivity contribution is 5.78. The van der Waals surface area contributed by atoms with Gasteiger partial charge in [-0.1, -0.05) is 59.4 Å². The quantitative estimate of drug-likeness (QED) is 0.265. The molecular formula is C26H68O6. The molecule has 0 saturated carbocycles. The summed E-state index contributed by atoms with van der Waals surface area (Å²) in [6.45, 7) is 6.97. The predicted octanol–water partition coefficient (Wildman–Crippen LogP) is 8.09. The largest absolute Gasteiger partial charge is 0.385 e. The first-order valence-electron chi connectivity index (χ1n) is 8.26. The Hall–Kier alpha value is -1.11. The molecule has 0 amide bonds. The lowest BCUT2D eigenvalue weighted by Crippen LogP contribution is -1.94. The Labute approximate surface area is 206 Å². The molecule has 0 fully saturated rings. The molecule has 6 nitrogen and oxygen atoms in total. The molecule has 0 aliphatic carbocycles. The molecule has 0 aliphatic rings. The summed E-state index contributed by atoms with van der Waals surface area (Å²) >= 11 is 0. The number of carbonyl (C=O) groups is 3. The Bertz CT molecular complexity index is 287. The van der Waals surface area contributed by atoms with Crippen molar-refractivity contribution in [3.8, 4) is 0 Å². The van der Waals surface area contributed by atoms with Crippen molar-refractivity contribution in [2.24, 2.45) is 0 Å². The molecule has 0 radical (unpaired) electrons. The second-order valence-electron chi connectivity index (χ2n) is 5.40. The highest BCUT2D eigenvalue weighted by Gasteiger charge is 1.95. The van der Waals surface area contributed by atoms with Crippen LogP contribution >= 0.6 is 0 Å². The summed E-state index contributed by atoms with van der Waals surface area (Å²) in [4.78, 5) is 30.9. The summed E-state index contributed by atoms with van der Waals surface area (Å²) in [6.07, 6.45) is 4.29. The van der Waals surface area contributed by atoms with E-state index in [4.69, 9.17) is 14.2 Å². The molecule has 0 aromatic heterocycles. The third-order valence-electron chi connectivity index (χ3n) is 2.63. The topological polar surface area (TPSA) is 78.9 Å². The molecule has 0 heterocycles. The molecule has 0 spiro atoms. The summed E-state index contributed by atoms with van der Waals surface area (Å²) in [5.74, 6) is 0.564. The third-order valence-corrected chi connectivity index (χ3v) is 2.63. The van der Waals surface area contributed by atoms with Crippen molar-refractivity contribution >= 4 is 17.3 Å². The zero-order valence-electron chi connectivity index (χ0n) is 16.3. The van der Waals surface area contributed by atoms with Crippen LogP contribution in [0.2, 0.25) is 0 Å². The van der Waals surface area contributed by atoms with E-state index in [1.54, 1.807) is 42.1 Å². The Morgan fingerprint density at radius 2 is 0.656 bits per heavy atom. The van der Waals surface area contributed by atoms with Crippen LogP contribution in [0.1, 0.15) is 119 Å². The van der Waals surface area contributed by atoms with Crippen molar-refractivity contribution < 1.29 is 28.6 Å². The Morgan fingerprint density at radius 1 is 0.438 bits per heavy atom. The Morgan fingerprint density at radius 3 is 0.875 bits per heavy atom. The molecule has 0 N–H and O–H groups in total. The van der Waals surface area contributed by atoms with E-state index in [0.717, 1.165) is 26.1 Å². The van der Waals surface area contributed by atoms with Gasteiger partial charge >= 0.3 is 0 Å². The second kappa shape index (κ2) is 63.1. The van der Waals surface area contributed by atoms with E-state index in [9.17, 15) is 14.4 Å². The highest BCUT2D eigenvalue weighted by atomic mass is 16.5. The van der Waals surface area contributed by atoms with Crippen molar-refractivity contribution in [2.45, 2.75) is 119 Å². The number of methoxy groups -OCH3 is 3. The maximum atomic E-state index is 10.3. The average Bonchev–Trinajstić information content (AvgIpc) is 2.48. The standard InChI is InChI=1S/C7H12O2.C6H12O2.C5H12O2.8CH4/c1-6(8)4-3-5-7(2)9;1-6(7)4-3-5-8-2;1-6-4-3-5-7-2;;;;;;;;/h3-5H2,1-2H3;3-5H2,1-2H3;3-5H2,1-2H3;8*1H4. The van der Waals surface area contributed by atoms with Gasteiger partial charge in [-0.05, 0) is 40.0 Å². The molecule has 208 valence electrons. The number of hydrogen-bond acceptors (Lipinski definition) is 6. The zero-order valence-corrected chi connectivity index (χ0v) is 16.3. The maximum Gasteiger partial charge on any atom is 0.129 e. The lowest BCUT2D eigenvalue weighted by Gasteiger charge is -1.94. The minimum atomic E-state index is 0. The van der Waals surface area contributed by atoms with Crippen LogP contribution in [0.5, 0.6) is 0 Å². The van der Waals surface area contributed by atoms with Gasteiger partial charge in [-0.25, -0.2) is 0 Å². The van der Waals surface area contributed by atoms with Crippen molar-refractivity contribution in [1.29, 1.82) is 0 Å². The number of carbonyl (C=O) groups excluding carboxylic acids is 3. The van der Waals surface area contributed by atoms with Crippen LogP contribution in [-0.4, -0.2) is 58.5 Å². The monoisotopic (exact) mass is 477 g/mol. The summed E-state index contributed by atoms with van der Waals surface area (Å²) < 4.78 is 14.3. The first-order chi connectivity index (χ1) is 11.3. The van der Waals surface area contributed by atoms with Crippen LogP contribution in [0, 0.1) is 0 Å². The summed E-state index contributed by atoms with van der Waals surface area (Å²) in [7, 11) is 5.02. The van der Waals surface area contributed by atoms with Gasteiger partial charge in [-0.15, -0.1) is 0 Å². The molecule has 32 heavy (non-hydrogen) atoms. The van der Waals surface area contributed by atoms with Crippen LogP contribution in [0.4, 0.5) is 0 Å². The van der Waals surface area contributed by atoms with Crippen molar-refractivity contribution in [2.75, 3.05) is 41.2 Å². The van der Waals surface area contributed by atoms with E-state index in [1.807, 2.05) is 0 Å². The molecule has 0 atom stereocenters. The summed E-state index contributed by atoms with van der Waals surface area (Å²) in [5.41, 5.74) is 0. The minimum absolute atomic E-state index is 0. The van der Waals surface area contributed by atoms with Crippen LogP contribution in [0.25, 0.3) is 0 Å². The average molecular weight is 477 g/mol. The van der Waals surface area contributed by atoms with Gasteiger partial charge in [-0.3, -0.25) is 0 Å². The van der Waals surface area contributed by atoms with E-state index in [1.165, 1.54) is 0 Å². The van der Waals surface area contributed by atoms with E-state index in [0.29, 0.717) is 32.3 Å². The number of rotatable bonds is 12. The van der Waals surface area contributed by atoms with Gasteiger partial charge in [0.15, 0.2) is 0 Å². The Balaban J connectivity index is -0.0000000205. The highest BCUT2D eigenvalue weighted by Crippen LogP contribution is 1.95. The number of hydrogen-bond donors (Lipinski definition) is 0. The predicted molar refractivity (Wildman–Crippen MR) is 149 cm³/mol. The van der Waals surface area contributed by atoms with Crippen LogP contribution in [0.15, 0.2) is 0 Å². The van der Waals surface area contributed by atoms with Crippen molar-refractivity contribution in [1.82, 2.24) is 0 Å². The van der Waals surface area contributed by atoms with Gasteiger partial charge in [0.05, 0.1) is 0 Å². The fourth-order valence-electron chi connectivity index (χ4n) is 1.40. The van der Waals surface area contributed by atoms with Crippen molar-refractivity contribution in [3.63, 3.8) is 0 Å². The van der Waals surface area contributed by atoms with E-state index < -0.39 is 0 Å². The van der Waals surface area contributed by atoms with Gasteiger partial charge in [-0.2, -0.15) is 0 Å². The smallest absolute Gasteiger partial charge is 0.129 e. The molecule has 0 aromatic rings. The fourth-order valence-corrected chi connectivity index (χ4v) is 1.40. The van der Waals surface area contributed by atoms with Gasteiger partial charge in [0.25, 0.3) is 0 Å². The molecule has 6 heteroatoms. The summed E-state index contributed by atoms with van der Waals surface area (Å²) in [5, 5.41) is 0. The minimum Gasteiger partial charge on any atom is -0.385 e. The lowest BCUT2D eigenvalue weighted by atomic mass is 10.1. The van der Waals surface area contributed by atoms with Gasteiger partial charge in [0, 0.05) is 60.4 Å². The first kappa shape index (κ1) is 69.8. The first-order valence-corrected chi connectivity index (χ1v) is 8.26. The zero-order chi connectivity index (χ0) is 19.2. The van der Waals surface area contributed by atoms with Crippen LogP contribution in [-0.2, 0) is 28.6 Å². The Kier molecular flexibility index (Phi) is 137.